The van der Waals surface area contributed by atoms with E-state index in [4.69, 9.17) is 4.55 Å². The number of hydrogen-bond acceptors (Lipinski definition) is 2. The molecule has 0 aliphatic rings. The quantitative estimate of drug-likeness (QED) is 0.388. The molecule has 0 amide bonds. The molecule has 0 rings (SSSR count). The molecule has 3 unspecified atom stereocenters. The summed E-state index contributed by atoms with van der Waals surface area (Å²) in [7, 11) is -3.89. The monoisotopic (exact) mass is 332 g/mol. The average molecular weight is 333 g/mol. The SMILES string of the molecule is C=CCC(C(CCC)CCS(=O)(=O)O)C(C)(CC)[C@H](C)CC. The molecule has 22 heavy (non-hydrogen) atoms. The van der Waals surface area contributed by atoms with E-state index in [0.29, 0.717) is 24.2 Å². The molecule has 1 N–H and O–H groups in total. The summed E-state index contributed by atoms with van der Waals surface area (Å²) in [6, 6.07) is 0. The second-order valence-corrected chi connectivity index (χ2v) is 8.50. The van der Waals surface area contributed by atoms with Gasteiger partial charge >= 0.3 is 0 Å². The molecule has 0 aromatic rings. The fourth-order valence-corrected chi connectivity index (χ4v) is 4.44. The van der Waals surface area contributed by atoms with Crippen LogP contribution >= 0.6 is 0 Å². The Morgan fingerprint density at radius 1 is 1.23 bits per heavy atom. The van der Waals surface area contributed by atoms with E-state index in [-0.39, 0.29) is 11.2 Å². The van der Waals surface area contributed by atoms with Crippen LogP contribution in [-0.2, 0) is 10.1 Å². The predicted octanol–water partition coefficient (Wildman–Crippen LogP) is 5.34. The van der Waals surface area contributed by atoms with E-state index in [2.05, 4.69) is 41.2 Å². The van der Waals surface area contributed by atoms with Gasteiger partial charge in [0, 0.05) is 0 Å². The molecule has 0 aliphatic carbocycles. The Morgan fingerprint density at radius 2 is 1.82 bits per heavy atom. The summed E-state index contributed by atoms with van der Waals surface area (Å²) >= 11 is 0. The van der Waals surface area contributed by atoms with Gasteiger partial charge in [-0.25, -0.2) is 0 Å². The molecule has 0 saturated heterocycles. The van der Waals surface area contributed by atoms with Gasteiger partial charge in [0.05, 0.1) is 5.75 Å². The molecule has 0 radical (unpaired) electrons. The number of rotatable bonds is 12. The largest absolute Gasteiger partial charge is 0.286 e. The van der Waals surface area contributed by atoms with Gasteiger partial charge in [-0.05, 0) is 36.0 Å². The summed E-state index contributed by atoms with van der Waals surface area (Å²) in [6.07, 6.45) is 7.64. The molecule has 0 aromatic heterocycles. The molecule has 0 aromatic carbocycles. The molecule has 3 nitrogen and oxygen atoms in total. The minimum absolute atomic E-state index is 0.133. The van der Waals surface area contributed by atoms with Gasteiger partial charge in [-0.3, -0.25) is 4.55 Å². The third-order valence-corrected chi connectivity index (χ3v) is 6.49. The third kappa shape index (κ3) is 6.41. The first-order valence-electron chi connectivity index (χ1n) is 8.72. The van der Waals surface area contributed by atoms with E-state index in [1.807, 2.05) is 6.08 Å². The average Bonchev–Trinajstić information content (AvgIpc) is 2.46. The molecule has 0 heterocycles. The maximum atomic E-state index is 11.2. The van der Waals surface area contributed by atoms with Crippen molar-refractivity contribution < 1.29 is 13.0 Å². The molecular formula is C18H36O3S. The van der Waals surface area contributed by atoms with Crippen molar-refractivity contribution in [3.63, 3.8) is 0 Å². The zero-order valence-electron chi connectivity index (χ0n) is 15.1. The van der Waals surface area contributed by atoms with E-state index < -0.39 is 10.1 Å². The van der Waals surface area contributed by atoms with Crippen LogP contribution in [0.1, 0.15) is 73.1 Å². The van der Waals surface area contributed by atoms with Crippen LogP contribution in [0.15, 0.2) is 12.7 Å². The normalized spacial score (nSPS) is 19.2. The molecular weight excluding hydrogens is 296 g/mol. The van der Waals surface area contributed by atoms with Crippen LogP contribution < -0.4 is 0 Å². The molecule has 0 aliphatic heterocycles. The lowest BCUT2D eigenvalue weighted by molar-refractivity contribution is 0.0452. The van der Waals surface area contributed by atoms with E-state index in [0.717, 1.165) is 32.1 Å². The molecule has 4 atom stereocenters. The highest BCUT2D eigenvalue weighted by Gasteiger charge is 2.40. The Morgan fingerprint density at radius 3 is 2.18 bits per heavy atom. The summed E-state index contributed by atoms with van der Waals surface area (Å²) in [5.41, 5.74) is 0.169. The summed E-state index contributed by atoms with van der Waals surface area (Å²) in [6.45, 7) is 15.1. The Labute approximate surface area is 138 Å². The highest BCUT2D eigenvalue weighted by atomic mass is 32.2. The van der Waals surface area contributed by atoms with Crippen molar-refractivity contribution in [2.75, 3.05) is 5.75 Å². The fraction of sp³-hybridized carbons (Fsp3) is 0.889. The maximum Gasteiger partial charge on any atom is 0.264 e. The number of hydrogen-bond donors (Lipinski definition) is 1. The van der Waals surface area contributed by atoms with Crippen molar-refractivity contribution in [3.05, 3.63) is 12.7 Å². The Kier molecular flexibility index (Phi) is 9.56. The summed E-state index contributed by atoms with van der Waals surface area (Å²) in [5, 5.41) is 0. The van der Waals surface area contributed by atoms with Gasteiger partial charge in [0.1, 0.15) is 0 Å². The lowest BCUT2D eigenvalue weighted by Crippen LogP contribution is -2.38. The van der Waals surface area contributed by atoms with Gasteiger partial charge in [-0.1, -0.05) is 66.4 Å². The van der Waals surface area contributed by atoms with E-state index >= 15 is 0 Å². The van der Waals surface area contributed by atoms with Crippen molar-refractivity contribution in [3.8, 4) is 0 Å². The van der Waals surface area contributed by atoms with Crippen molar-refractivity contribution >= 4 is 10.1 Å². The summed E-state index contributed by atoms with van der Waals surface area (Å²) < 4.78 is 31.4. The van der Waals surface area contributed by atoms with Crippen LogP contribution in [0.3, 0.4) is 0 Å². The van der Waals surface area contributed by atoms with Gasteiger partial charge in [-0.2, -0.15) is 8.42 Å². The van der Waals surface area contributed by atoms with Crippen LogP contribution in [-0.4, -0.2) is 18.7 Å². The van der Waals surface area contributed by atoms with Crippen LogP contribution in [0.4, 0.5) is 0 Å². The lowest BCUT2D eigenvalue weighted by atomic mass is 9.60. The fourth-order valence-electron chi connectivity index (χ4n) is 3.84. The molecule has 0 spiro atoms. The molecule has 0 fully saturated rings. The Bertz CT molecular complexity index is 416. The Balaban J connectivity index is 5.46. The van der Waals surface area contributed by atoms with Gasteiger partial charge in [-0.15, -0.1) is 6.58 Å². The van der Waals surface area contributed by atoms with Crippen molar-refractivity contribution in [2.45, 2.75) is 73.1 Å². The smallest absolute Gasteiger partial charge is 0.264 e. The molecule has 4 heteroatoms. The molecule has 132 valence electrons. The zero-order chi connectivity index (χ0) is 17.4. The minimum atomic E-state index is -3.89. The van der Waals surface area contributed by atoms with Crippen molar-refractivity contribution in [1.29, 1.82) is 0 Å². The first-order chi connectivity index (χ1) is 10.2. The van der Waals surface area contributed by atoms with Gasteiger partial charge in [0.15, 0.2) is 0 Å². The van der Waals surface area contributed by atoms with Gasteiger partial charge < -0.3 is 0 Å². The van der Waals surface area contributed by atoms with E-state index in [9.17, 15) is 8.42 Å². The maximum absolute atomic E-state index is 11.2. The first kappa shape index (κ1) is 21.6. The highest BCUT2D eigenvalue weighted by Crippen LogP contribution is 2.47. The van der Waals surface area contributed by atoms with E-state index in [1.54, 1.807) is 0 Å². The highest BCUT2D eigenvalue weighted by molar-refractivity contribution is 7.85. The van der Waals surface area contributed by atoms with Crippen molar-refractivity contribution in [2.24, 2.45) is 23.2 Å². The Hall–Kier alpha value is -0.350. The van der Waals surface area contributed by atoms with Crippen LogP contribution in [0.25, 0.3) is 0 Å². The first-order valence-corrected chi connectivity index (χ1v) is 10.3. The molecule has 0 saturated carbocycles. The number of allylic oxidation sites excluding steroid dienone is 1. The second-order valence-electron chi connectivity index (χ2n) is 6.92. The van der Waals surface area contributed by atoms with Crippen molar-refractivity contribution in [1.82, 2.24) is 0 Å². The van der Waals surface area contributed by atoms with E-state index in [1.165, 1.54) is 0 Å². The van der Waals surface area contributed by atoms with Gasteiger partial charge in [0.25, 0.3) is 10.1 Å². The second kappa shape index (κ2) is 9.71. The lowest BCUT2D eigenvalue weighted by Gasteiger charge is -2.46. The predicted molar refractivity (Wildman–Crippen MR) is 95.6 cm³/mol. The summed E-state index contributed by atoms with van der Waals surface area (Å²) in [5.74, 6) is 1.16. The topological polar surface area (TPSA) is 54.4 Å². The molecule has 0 bridgehead atoms. The third-order valence-electron chi connectivity index (χ3n) is 5.74. The zero-order valence-corrected chi connectivity index (χ0v) is 16.0. The van der Waals surface area contributed by atoms with Gasteiger partial charge in [0.2, 0.25) is 0 Å². The standard InChI is InChI=1S/C18H36O3S/c1-7-11-16(13-14-22(19,20)21)17(12-8-2)18(6,10-4)15(5)9-3/h8,15-17H,2,7,9-14H2,1,3-6H3,(H,19,20,21)/t15-,16?,17?,18?/m1/s1. The summed E-state index contributed by atoms with van der Waals surface area (Å²) in [4.78, 5) is 0. The van der Waals surface area contributed by atoms with Crippen LogP contribution in [0, 0.1) is 23.2 Å². The minimum Gasteiger partial charge on any atom is -0.286 e. The van der Waals surface area contributed by atoms with Crippen LogP contribution in [0.2, 0.25) is 0 Å². The van der Waals surface area contributed by atoms with Crippen LogP contribution in [0.5, 0.6) is 0 Å².